The summed E-state index contributed by atoms with van der Waals surface area (Å²) in [6.45, 7) is 3.47. The third-order valence-electron chi connectivity index (χ3n) is 3.17. The minimum Gasteiger partial charge on any atom is -0.487 e. The highest BCUT2D eigenvalue weighted by Crippen LogP contribution is 2.33. The molecule has 1 N–H and O–H groups in total. The Morgan fingerprint density at radius 2 is 2.28 bits per heavy atom. The molecule has 1 aromatic rings. The molecule has 0 saturated carbocycles. The number of esters is 1. The minimum absolute atomic E-state index is 0.235. The standard InChI is InChI=1S/C14H18O4/c1-14(2,16)12-8-10-5-4-9(6-11(10)18-12)7-13(15)17-3/h4-6,12,16H,7-8H2,1-3H3/t12-/m1/s1. The van der Waals surface area contributed by atoms with Crippen LogP contribution in [0.3, 0.4) is 0 Å². The van der Waals surface area contributed by atoms with E-state index in [1.807, 2.05) is 18.2 Å². The van der Waals surface area contributed by atoms with E-state index in [0.29, 0.717) is 6.42 Å². The van der Waals surface area contributed by atoms with Crippen LogP contribution in [0.5, 0.6) is 5.75 Å². The first-order valence-corrected chi connectivity index (χ1v) is 5.98. The predicted molar refractivity (Wildman–Crippen MR) is 66.6 cm³/mol. The van der Waals surface area contributed by atoms with Crippen molar-refractivity contribution in [3.8, 4) is 5.75 Å². The van der Waals surface area contributed by atoms with Crippen molar-refractivity contribution in [2.75, 3.05) is 7.11 Å². The summed E-state index contributed by atoms with van der Waals surface area (Å²) < 4.78 is 10.4. The van der Waals surface area contributed by atoms with Gasteiger partial charge >= 0.3 is 5.97 Å². The minimum atomic E-state index is -0.873. The number of carbonyl (C=O) groups is 1. The zero-order valence-corrected chi connectivity index (χ0v) is 10.9. The van der Waals surface area contributed by atoms with E-state index < -0.39 is 5.60 Å². The Kier molecular flexibility index (Phi) is 3.30. The predicted octanol–water partition coefficient (Wildman–Crippen LogP) is 1.48. The molecule has 0 radical (unpaired) electrons. The lowest BCUT2D eigenvalue weighted by Gasteiger charge is -2.24. The maximum Gasteiger partial charge on any atom is 0.309 e. The number of hydrogen-bond donors (Lipinski definition) is 1. The summed E-state index contributed by atoms with van der Waals surface area (Å²) in [5, 5.41) is 9.94. The number of ether oxygens (including phenoxy) is 2. The number of aliphatic hydroxyl groups is 1. The van der Waals surface area contributed by atoms with Gasteiger partial charge in [0.15, 0.2) is 0 Å². The van der Waals surface area contributed by atoms with E-state index in [4.69, 9.17) is 4.74 Å². The van der Waals surface area contributed by atoms with Gasteiger partial charge in [-0.25, -0.2) is 0 Å². The second-order valence-electron chi connectivity index (χ2n) is 5.16. The first kappa shape index (κ1) is 12.9. The van der Waals surface area contributed by atoms with E-state index in [1.165, 1.54) is 7.11 Å². The van der Waals surface area contributed by atoms with Crippen molar-refractivity contribution >= 4 is 5.97 Å². The van der Waals surface area contributed by atoms with Crippen LogP contribution in [0.25, 0.3) is 0 Å². The maximum absolute atomic E-state index is 11.2. The number of fused-ring (bicyclic) bond motifs is 1. The van der Waals surface area contributed by atoms with Crippen molar-refractivity contribution in [2.45, 2.75) is 38.4 Å². The largest absolute Gasteiger partial charge is 0.487 e. The Bertz CT molecular complexity index is 459. The molecule has 2 rings (SSSR count). The molecule has 1 aromatic carbocycles. The summed E-state index contributed by atoms with van der Waals surface area (Å²) in [5.74, 6) is 0.482. The lowest BCUT2D eigenvalue weighted by Crippen LogP contribution is -2.39. The number of benzene rings is 1. The Morgan fingerprint density at radius 1 is 1.56 bits per heavy atom. The summed E-state index contributed by atoms with van der Waals surface area (Å²) in [6, 6.07) is 5.68. The van der Waals surface area contributed by atoms with E-state index in [2.05, 4.69) is 4.74 Å². The zero-order chi connectivity index (χ0) is 13.3. The fourth-order valence-corrected chi connectivity index (χ4v) is 2.01. The molecule has 0 bridgehead atoms. The van der Waals surface area contributed by atoms with E-state index in [1.54, 1.807) is 13.8 Å². The monoisotopic (exact) mass is 250 g/mol. The van der Waals surface area contributed by atoms with Crippen LogP contribution >= 0.6 is 0 Å². The van der Waals surface area contributed by atoms with Crippen molar-refractivity contribution in [1.29, 1.82) is 0 Å². The van der Waals surface area contributed by atoms with Crippen molar-refractivity contribution in [2.24, 2.45) is 0 Å². The molecule has 0 unspecified atom stereocenters. The van der Waals surface area contributed by atoms with Crippen LogP contribution in [0.2, 0.25) is 0 Å². The fraction of sp³-hybridized carbons (Fsp3) is 0.500. The maximum atomic E-state index is 11.2. The van der Waals surface area contributed by atoms with Gasteiger partial charge < -0.3 is 14.6 Å². The van der Waals surface area contributed by atoms with E-state index >= 15 is 0 Å². The average molecular weight is 250 g/mol. The molecular weight excluding hydrogens is 232 g/mol. The van der Waals surface area contributed by atoms with Gasteiger partial charge in [-0.15, -0.1) is 0 Å². The van der Waals surface area contributed by atoms with Crippen molar-refractivity contribution in [3.05, 3.63) is 29.3 Å². The molecule has 1 atom stereocenters. The van der Waals surface area contributed by atoms with Crippen molar-refractivity contribution in [3.63, 3.8) is 0 Å². The van der Waals surface area contributed by atoms with E-state index in [9.17, 15) is 9.90 Å². The summed E-state index contributed by atoms with van der Waals surface area (Å²) in [5.41, 5.74) is 1.05. The van der Waals surface area contributed by atoms with Gasteiger partial charge in [0.25, 0.3) is 0 Å². The fourth-order valence-electron chi connectivity index (χ4n) is 2.01. The highest BCUT2D eigenvalue weighted by atomic mass is 16.5. The molecule has 1 heterocycles. The van der Waals surface area contributed by atoms with Crippen LogP contribution in [-0.4, -0.2) is 29.9 Å². The van der Waals surface area contributed by atoms with Gasteiger partial charge in [0.1, 0.15) is 11.9 Å². The lowest BCUT2D eigenvalue weighted by atomic mass is 9.97. The van der Waals surface area contributed by atoms with Crippen LogP contribution < -0.4 is 4.74 Å². The Balaban J connectivity index is 2.15. The lowest BCUT2D eigenvalue weighted by molar-refractivity contribution is -0.139. The van der Waals surface area contributed by atoms with Crippen LogP contribution in [-0.2, 0) is 22.4 Å². The van der Waals surface area contributed by atoms with Crippen molar-refractivity contribution < 1.29 is 19.4 Å². The molecule has 0 aliphatic carbocycles. The van der Waals surface area contributed by atoms with Crippen molar-refractivity contribution in [1.82, 2.24) is 0 Å². The molecule has 18 heavy (non-hydrogen) atoms. The molecular formula is C14H18O4. The molecule has 1 aliphatic heterocycles. The second kappa shape index (κ2) is 4.61. The smallest absolute Gasteiger partial charge is 0.309 e. The highest BCUT2D eigenvalue weighted by Gasteiger charge is 2.34. The molecule has 1 aliphatic rings. The molecule has 98 valence electrons. The number of rotatable bonds is 3. The van der Waals surface area contributed by atoms with Gasteiger partial charge in [-0.2, -0.15) is 0 Å². The summed E-state index contributed by atoms with van der Waals surface area (Å²) in [7, 11) is 1.37. The first-order chi connectivity index (χ1) is 8.40. The number of carbonyl (C=O) groups excluding carboxylic acids is 1. The van der Waals surface area contributed by atoms with Gasteiger partial charge in [0, 0.05) is 6.42 Å². The Morgan fingerprint density at radius 3 is 2.89 bits per heavy atom. The number of hydrogen-bond acceptors (Lipinski definition) is 4. The summed E-state index contributed by atoms with van der Waals surface area (Å²) in [6.07, 6.45) is 0.693. The van der Waals surface area contributed by atoms with Gasteiger partial charge in [-0.05, 0) is 31.0 Å². The third-order valence-corrected chi connectivity index (χ3v) is 3.17. The van der Waals surface area contributed by atoms with Gasteiger partial charge in [0.2, 0.25) is 0 Å². The molecule has 4 heteroatoms. The topological polar surface area (TPSA) is 55.8 Å². The summed E-state index contributed by atoms with van der Waals surface area (Å²) >= 11 is 0. The van der Waals surface area contributed by atoms with Gasteiger partial charge in [0.05, 0.1) is 19.1 Å². The molecule has 0 spiro atoms. The quantitative estimate of drug-likeness (QED) is 0.825. The normalized spacial score (nSPS) is 18.1. The zero-order valence-electron chi connectivity index (χ0n) is 10.9. The summed E-state index contributed by atoms with van der Waals surface area (Å²) in [4.78, 5) is 11.2. The third kappa shape index (κ3) is 2.64. The second-order valence-corrected chi connectivity index (χ2v) is 5.16. The van der Waals surface area contributed by atoms with Crippen LogP contribution in [0.15, 0.2) is 18.2 Å². The highest BCUT2D eigenvalue weighted by molar-refractivity contribution is 5.72. The van der Waals surface area contributed by atoms with E-state index in [-0.39, 0.29) is 18.5 Å². The molecule has 0 amide bonds. The average Bonchev–Trinajstić information content (AvgIpc) is 2.71. The molecule has 4 nitrogen and oxygen atoms in total. The SMILES string of the molecule is COC(=O)Cc1ccc2c(c1)O[C@@H](C(C)(C)O)C2. The van der Waals surface area contributed by atoms with Crippen LogP contribution in [0.4, 0.5) is 0 Å². The van der Waals surface area contributed by atoms with Gasteiger partial charge in [-0.3, -0.25) is 4.79 Å². The molecule has 0 aromatic heterocycles. The molecule has 0 saturated heterocycles. The van der Waals surface area contributed by atoms with Crippen LogP contribution in [0, 0.1) is 0 Å². The van der Waals surface area contributed by atoms with Crippen LogP contribution in [0.1, 0.15) is 25.0 Å². The van der Waals surface area contributed by atoms with Gasteiger partial charge in [-0.1, -0.05) is 12.1 Å². The molecule has 0 fully saturated rings. The van der Waals surface area contributed by atoms with E-state index in [0.717, 1.165) is 16.9 Å². The first-order valence-electron chi connectivity index (χ1n) is 5.98. The number of methoxy groups -OCH3 is 1. The Labute approximate surface area is 107 Å². The Hall–Kier alpha value is -1.55.